The lowest BCUT2D eigenvalue weighted by Crippen LogP contribution is -2.33. The number of carbonyl (C=O) groups excluding carboxylic acids is 1. The van der Waals surface area contributed by atoms with Crippen LogP contribution in [-0.2, 0) is 4.79 Å². The lowest BCUT2D eigenvalue weighted by Gasteiger charge is -2.14. The molecule has 2 aromatic carbocycles. The molecule has 1 atom stereocenters. The number of carbonyl (C=O) groups is 1. The van der Waals surface area contributed by atoms with Gasteiger partial charge in [-0.15, -0.1) is 0 Å². The topological polar surface area (TPSA) is 50.7 Å². The molecular formula is C19H24N2O2. The predicted molar refractivity (Wildman–Crippen MR) is 94.7 cm³/mol. The Morgan fingerprint density at radius 1 is 1.13 bits per heavy atom. The van der Waals surface area contributed by atoms with Crippen molar-refractivity contribution in [3.63, 3.8) is 0 Å². The van der Waals surface area contributed by atoms with Crippen molar-refractivity contribution in [2.75, 3.05) is 0 Å². The number of nitrogens with zero attached hydrogens (tertiary/aromatic N) is 1. The van der Waals surface area contributed by atoms with Crippen molar-refractivity contribution >= 4 is 22.4 Å². The maximum atomic E-state index is 12.1. The molecule has 0 aliphatic rings. The first-order chi connectivity index (χ1) is 11.0. The second-order valence-corrected chi connectivity index (χ2v) is 6.19. The molecule has 0 unspecified atom stereocenters. The molecule has 1 amide bonds. The third-order valence-corrected chi connectivity index (χ3v) is 3.46. The SMILES string of the molecule is C/C(CC(C)C)=N/NC(=O)[C@H](C)Oc1ccc2ccccc2c1. The Labute approximate surface area is 137 Å². The number of nitrogens with one attached hydrogen (secondary N) is 1. The lowest BCUT2D eigenvalue weighted by atomic mass is 10.1. The predicted octanol–water partition coefficient (Wildman–Crippen LogP) is 4.15. The summed E-state index contributed by atoms with van der Waals surface area (Å²) in [7, 11) is 0. The summed E-state index contributed by atoms with van der Waals surface area (Å²) in [5.74, 6) is 0.942. The summed E-state index contributed by atoms with van der Waals surface area (Å²) < 4.78 is 5.72. The van der Waals surface area contributed by atoms with Gasteiger partial charge in [0.25, 0.3) is 5.91 Å². The quantitative estimate of drug-likeness (QED) is 0.643. The Morgan fingerprint density at radius 2 is 1.83 bits per heavy atom. The maximum absolute atomic E-state index is 12.1. The highest BCUT2D eigenvalue weighted by Gasteiger charge is 2.14. The third kappa shape index (κ3) is 5.09. The van der Waals surface area contributed by atoms with Gasteiger partial charge in [-0.25, -0.2) is 5.43 Å². The van der Waals surface area contributed by atoms with Crippen LogP contribution in [0.15, 0.2) is 47.6 Å². The number of hydrazone groups is 1. The zero-order chi connectivity index (χ0) is 16.8. The van der Waals surface area contributed by atoms with Crippen LogP contribution in [0.3, 0.4) is 0 Å². The summed E-state index contributed by atoms with van der Waals surface area (Å²) in [6.07, 6.45) is 0.256. The minimum atomic E-state index is -0.605. The summed E-state index contributed by atoms with van der Waals surface area (Å²) in [4.78, 5) is 12.1. The first-order valence-corrected chi connectivity index (χ1v) is 7.94. The van der Waals surface area contributed by atoms with Gasteiger partial charge in [-0.1, -0.05) is 44.2 Å². The molecule has 23 heavy (non-hydrogen) atoms. The molecule has 2 aromatic rings. The molecule has 0 aromatic heterocycles. The number of fused-ring (bicyclic) bond motifs is 1. The van der Waals surface area contributed by atoms with Crippen LogP contribution in [0.5, 0.6) is 5.75 Å². The highest BCUT2D eigenvalue weighted by Crippen LogP contribution is 2.21. The maximum Gasteiger partial charge on any atom is 0.280 e. The number of amides is 1. The van der Waals surface area contributed by atoms with Gasteiger partial charge in [-0.3, -0.25) is 4.79 Å². The fraction of sp³-hybridized carbons (Fsp3) is 0.368. The van der Waals surface area contributed by atoms with Crippen LogP contribution in [0.1, 0.15) is 34.1 Å². The molecule has 0 heterocycles. The van der Waals surface area contributed by atoms with Gasteiger partial charge in [0, 0.05) is 5.71 Å². The molecule has 4 heteroatoms. The number of hydrogen-bond donors (Lipinski definition) is 1. The molecule has 0 saturated carbocycles. The third-order valence-electron chi connectivity index (χ3n) is 3.46. The first-order valence-electron chi connectivity index (χ1n) is 7.94. The average Bonchev–Trinajstić information content (AvgIpc) is 2.51. The molecule has 0 aliphatic carbocycles. The Kier molecular flexibility index (Phi) is 5.74. The normalized spacial score (nSPS) is 13.2. The van der Waals surface area contributed by atoms with E-state index >= 15 is 0 Å². The number of ether oxygens (including phenoxy) is 1. The zero-order valence-corrected chi connectivity index (χ0v) is 14.2. The van der Waals surface area contributed by atoms with Crippen molar-refractivity contribution in [3.05, 3.63) is 42.5 Å². The summed E-state index contributed by atoms with van der Waals surface area (Å²) >= 11 is 0. The van der Waals surface area contributed by atoms with Gasteiger partial charge in [0.15, 0.2) is 6.10 Å². The van der Waals surface area contributed by atoms with Crippen LogP contribution in [-0.4, -0.2) is 17.7 Å². The van der Waals surface area contributed by atoms with Crippen LogP contribution in [0.2, 0.25) is 0 Å². The molecule has 122 valence electrons. The highest BCUT2D eigenvalue weighted by atomic mass is 16.5. The zero-order valence-electron chi connectivity index (χ0n) is 14.2. The highest BCUT2D eigenvalue weighted by molar-refractivity contribution is 5.86. The van der Waals surface area contributed by atoms with Crippen molar-refractivity contribution in [2.45, 2.75) is 40.2 Å². The largest absolute Gasteiger partial charge is 0.481 e. The fourth-order valence-corrected chi connectivity index (χ4v) is 2.38. The van der Waals surface area contributed by atoms with Crippen molar-refractivity contribution < 1.29 is 9.53 Å². The fourth-order valence-electron chi connectivity index (χ4n) is 2.38. The summed E-state index contributed by atoms with van der Waals surface area (Å²) in [5.41, 5.74) is 3.48. The van der Waals surface area contributed by atoms with E-state index < -0.39 is 6.10 Å². The molecular weight excluding hydrogens is 288 g/mol. The minimum absolute atomic E-state index is 0.249. The number of hydrogen-bond acceptors (Lipinski definition) is 3. The smallest absolute Gasteiger partial charge is 0.280 e. The molecule has 0 radical (unpaired) electrons. The molecule has 0 saturated heterocycles. The molecule has 4 nitrogen and oxygen atoms in total. The van der Waals surface area contributed by atoms with Crippen molar-refractivity contribution in [2.24, 2.45) is 11.0 Å². The van der Waals surface area contributed by atoms with E-state index in [2.05, 4.69) is 24.4 Å². The monoisotopic (exact) mass is 312 g/mol. The Hall–Kier alpha value is -2.36. The summed E-state index contributed by atoms with van der Waals surface area (Å²) in [6.45, 7) is 7.87. The van der Waals surface area contributed by atoms with E-state index in [4.69, 9.17) is 4.74 Å². The average molecular weight is 312 g/mol. The Balaban J connectivity index is 1.96. The van der Waals surface area contributed by atoms with E-state index in [1.165, 1.54) is 0 Å². The lowest BCUT2D eigenvalue weighted by molar-refractivity contribution is -0.127. The van der Waals surface area contributed by atoms with E-state index in [0.29, 0.717) is 11.7 Å². The van der Waals surface area contributed by atoms with E-state index in [0.717, 1.165) is 22.9 Å². The van der Waals surface area contributed by atoms with Gasteiger partial charge in [-0.2, -0.15) is 5.10 Å². The van der Waals surface area contributed by atoms with Gasteiger partial charge in [0.05, 0.1) is 0 Å². The van der Waals surface area contributed by atoms with Crippen LogP contribution in [0, 0.1) is 5.92 Å². The van der Waals surface area contributed by atoms with Crippen LogP contribution < -0.4 is 10.2 Å². The standard InChI is InChI=1S/C19H24N2O2/c1-13(2)11-14(3)20-21-19(22)15(4)23-18-10-9-16-7-5-6-8-17(16)12-18/h5-10,12-13,15H,11H2,1-4H3,(H,21,22)/b20-14-/t15-/m0/s1. The summed E-state index contributed by atoms with van der Waals surface area (Å²) in [6, 6.07) is 13.8. The molecule has 0 bridgehead atoms. The number of benzene rings is 2. The van der Waals surface area contributed by atoms with Gasteiger partial charge in [-0.05, 0) is 49.1 Å². The van der Waals surface area contributed by atoms with Gasteiger partial charge in [0.1, 0.15) is 5.75 Å². The Bertz CT molecular complexity index is 707. The van der Waals surface area contributed by atoms with Crippen molar-refractivity contribution in [3.8, 4) is 5.75 Å². The van der Waals surface area contributed by atoms with E-state index in [-0.39, 0.29) is 5.91 Å². The van der Waals surface area contributed by atoms with Crippen LogP contribution >= 0.6 is 0 Å². The Morgan fingerprint density at radius 3 is 2.52 bits per heavy atom. The second-order valence-electron chi connectivity index (χ2n) is 6.19. The molecule has 0 fully saturated rings. The van der Waals surface area contributed by atoms with Gasteiger partial charge in [0.2, 0.25) is 0 Å². The molecule has 1 N–H and O–H groups in total. The van der Waals surface area contributed by atoms with Crippen LogP contribution in [0.4, 0.5) is 0 Å². The van der Waals surface area contributed by atoms with E-state index in [9.17, 15) is 4.79 Å². The van der Waals surface area contributed by atoms with E-state index in [1.807, 2.05) is 49.4 Å². The van der Waals surface area contributed by atoms with Crippen molar-refractivity contribution in [1.29, 1.82) is 0 Å². The summed E-state index contributed by atoms with van der Waals surface area (Å²) in [5, 5.41) is 6.34. The molecule has 0 spiro atoms. The first kappa shape index (κ1) is 17.0. The molecule has 2 rings (SSSR count). The van der Waals surface area contributed by atoms with Crippen LogP contribution in [0.25, 0.3) is 10.8 Å². The number of rotatable bonds is 6. The molecule has 0 aliphatic heterocycles. The minimum Gasteiger partial charge on any atom is -0.481 e. The second kappa shape index (κ2) is 7.77. The van der Waals surface area contributed by atoms with Gasteiger partial charge < -0.3 is 4.74 Å². The van der Waals surface area contributed by atoms with Gasteiger partial charge >= 0.3 is 0 Å². The van der Waals surface area contributed by atoms with E-state index in [1.54, 1.807) is 6.92 Å². The van der Waals surface area contributed by atoms with Crippen molar-refractivity contribution in [1.82, 2.24) is 5.43 Å².